The lowest BCUT2D eigenvalue weighted by Gasteiger charge is -2.42. The van der Waals surface area contributed by atoms with Gasteiger partial charge in [-0.15, -0.1) is 0 Å². The number of ether oxygens (including phenoxy) is 2. The van der Waals surface area contributed by atoms with Crippen LogP contribution in [-0.4, -0.2) is 52.7 Å². The van der Waals surface area contributed by atoms with E-state index < -0.39 is 17.2 Å². The van der Waals surface area contributed by atoms with E-state index in [1.54, 1.807) is 14.0 Å². The molecule has 0 amide bonds. The second-order valence-electron chi connectivity index (χ2n) is 5.85. The molecule has 2 heterocycles. The Morgan fingerprint density at radius 3 is 1.88 bits per heavy atom. The van der Waals surface area contributed by atoms with Crippen molar-refractivity contribution in [2.75, 3.05) is 40.1 Å². The summed E-state index contributed by atoms with van der Waals surface area (Å²) < 4.78 is 44.4. The first kappa shape index (κ1) is 20.8. The Kier molecular flexibility index (Phi) is 9.23. The monoisotopic (exact) mass is 386 g/mol. The summed E-state index contributed by atoms with van der Waals surface area (Å²) in [4.78, 5) is 0. The van der Waals surface area contributed by atoms with Crippen LogP contribution in [0.15, 0.2) is 0 Å². The van der Waals surface area contributed by atoms with Crippen LogP contribution in [0.4, 0.5) is 0 Å². The molecule has 2 rings (SSSR count). The van der Waals surface area contributed by atoms with Crippen molar-refractivity contribution in [1.29, 1.82) is 0 Å². The number of hydrogen-bond donors (Lipinski definition) is 0. The molecule has 0 aromatic rings. The molecule has 2 fully saturated rings. The molecule has 1 spiro atoms. The molecule has 0 bridgehead atoms. The highest BCUT2D eigenvalue weighted by Gasteiger charge is 2.44. The minimum Gasteiger partial charge on any atom is -0.356 e. The van der Waals surface area contributed by atoms with Gasteiger partial charge in [0.2, 0.25) is 0 Å². The van der Waals surface area contributed by atoms with Gasteiger partial charge in [0.25, 0.3) is 0 Å². The first-order valence-corrected chi connectivity index (χ1v) is 10.4. The molecular formula is C14H28O8P2. The van der Waals surface area contributed by atoms with Crippen LogP contribution >= 0.6 is 17.2 Å². The molecule has 0 N–H and O–H groups in total. The van der Waals surface area contributed by atoms with Gasteiger partial charge in [0.15, 0.2) is 12.6 Å². The number of rotatable bonds is 9. The molecule has 2 saturated heterocycles. The van der Waals surface area contributed by atoms with Crippen LogP contribution in [0.3, 0.4) is 0 Å². The lowest BCUT2D eigenvalue weighted by atomic mass is 9.93. The maximum atomic E-state index is 5.71. The van der Waals surface area contributed by atoms with E-state index in [1.165, 1.54) is 0 Å². The van der Waals surface area contributed by atoms with Gasteiger partial charge in [-0.05, 0) is 20.3 Å². The van der Waals surface area contributed by atoms with Gasteiger partial charge < -0.3 is 27.6 Å². The van der Waals surface area contributed by atoms with E-state index in [0.29, 0.717) is 33.0 Å². The zero-order valence-corrected chi connectivity index (χ0v) is 16.6. The highest BCUT2D eigenvalue weighted by atomic mass is 31.2. The quantitative estimate of drug-likeness (QED) is 0.337. The Morgan fingerprint density at radius 2 is 1.42 bits per heavy atom. The Balaban J connectivity index is 1.65. The maximum absolute atomic E-state index is 5.71. The van der Waals surface area contributed by atoms with E-state index in [4.69, 9.17) is 36.6 Å². The highest BCUT2D eigenvalue weighted by molar-refractivity contribution is 7.42. The number of hydrogen-bond acceptors (Lipinski definition) is 8. The Bertz CT molecular complexity index is 344. The minimum atomic E-state index is -1.39. The molecule has 0 saturated carbocycles. The molecule has 0 radical (unpaired) electrons. The van der Waals surface area contributed by atoms with E-state index in [2.05, 4.69) is 6.92 Å². The number of unbranched alkanes of at least 4 members (excludes halogenated alkanes) is 1. The second kappa shape index (κ2) is 10.6. The molecule has 142 valence electrons. The van der Waals surface area contributed by atoms with E-state index in [9.17, 15) is 0 Å². The van der Waals surface area contributed by atoms with Crippen molar-refractivity contribution in [1.82, 2.24) is 0 Å². The summed E-state index contributed by atoms with van der Waals surface area (Å²) in [6, 6.07) is 0. The topological polar surface area (TPSA) is 73.8 Å². The summed E-state index contributed by atoms with van der Waals surface area (Å²) in [7, 11) is -1.20. The van der Waals surface area contributed by atoms with Gasteiger partial charge in [-0.3, -0.25) is 9.05 Å². The Morgan fingerprint density at radius 1 is 0.917 bits per heavy atom. The zero-order chi connectivity index (χ0) is 17.4. The van der Waals surface area contributed by atoms with Gasteiger partial charge >= 0.3 is 17.2 Å². The van der Waals surface area contributed by atoms with Gasteiger partial charge in [0, 0.05) is 13.7 Å². The standard InChI is InChI=1S/C14H28O8P2/c1-5-6-7-16-13(3)22-24-19-10-14(11-20-24)8-17-23(18-9-14)21-12(2)15-4/h12-13H,5-11H2,1-4H3. The fourth-order valence-electron chi connectivity index (χ4n) is 1.91. The fraction of sp³-hybridized carbons (Fsp3) is 1.00. The lowest BCUT2D eigenvalue weighted by Crippen LogP contribution is -2.45. The third-order valence-corrected chi connectivity index (χ3v) is 5.85. The van der Waals surface area contributed by atoms with Crippen LogP contribution in [0, 0.1) is 5.41 Å². The molecule has 2 unspecified atom stereocenters. The van der Waals surface area contributed by atoms with Crippen LogP contribution in [0.25, 0.3) is 0 Å². The van der Waals surface area contributed by atoms with Gasteiger partial charge in [-0.2, -0.15) is 0 Å². The average Bonchev–Trinajstić information content (AvgIpc) is 2.59. The summed E-state index contributed by atoms with van der Waals surface area (Å²) in [5.74, 6) is 0. The van der Waals surface area contributed by atoms with Crippen molar-refractivity contribution in [3.8, 4) is 0 Å². The predicted molar refractivity (Wildman–Crippen MR) is 89.0 cm³/mol. The average molecular weight is 386 g/mol. The summed E-state index contributed by atoms with van der Waals surface area (Å²) in [6.07, 6.45) is 1.40. The third kappa shape index (κ3) is 6.69. The second-order valence-corrected chi connectivity index (χ2v) is 8.20. The normalized spacial score (nSPS) is 33.5. The van der Waals surface area contributed by atoms with Gasteiger partial charge in [0.1, 0.15) is 0 Å². The molecule has 8 nitrogen and oxygen atoms in total. The molecule has 0 aliphatic carbocycles. The summed E-state index contributed by atoms with van der Waals surface area (Å²) >= 11 is 0. The predicted octanol–water partition coefficient (Wildman–Crippen LogP) is 3.71. The highest BCUT2D eigenvalue weighted by Crippen LogP contribution is 2.53. The van der Waals surface area contributed by atoms with E-state index in [-0.39, 0.29) is 18.0 Å². The third-order valence-electron chi connectivity index (χ3n) is 3.56. The van der Waals surface area contributed by atoms with E-state index in [1.807, 2.05) is 6.92 Å². The SMILES string of the molecule is CCCCOC(C)OP1OCC2(COP(OC(C)OC)OC2)CO1. The Labute approximate surface area is 146 Å². The summed E-state index contributed by atoms with van der Waals surface area (Å²) in [5, 5.41) is 0. The van der Waals surface area contributed by atoms with Crippen LogP contribution in [0.1, 0.15) is 33.6 Å². The van der Waals surface area contributed by atoms with Crippen molar-refractivity contribution in [3.63, 3.8) is 0 Å². The first-order valence-electron chi connectivity index (χ1n) is 8.17. The maximum Gasteiger partial charge on any atom is 0.335 e. The summed E-state index contributed by atoms with van der Waals surface area (Å²) in [5.41, 5.74) is -0.312. The van der Waals surface area contributed by atoms with Crippen LogP contribution in [-0.2, 0) is 36.6 Å². The minimum absolute atomic E-state index is 0.312. The van der Waals surface area contributed by atoms with Gasteiger partial charge in [-0.25, -0.2) is 0 Å². The van der Waals surface area contributed by atoms with Crippen molar-refractivity contribution in [2.24, 2.45) is 5.41 Å². The molecule has 2 aliphatic rings. The van der Waals surface area contributed by atoms with Crippen molar-refractivity contribution in [3.05, 3.63) is 0 Å². The van der Waals surface area contributed by atoms with Gasteiger partial charge in [-0.1, -0.05) is 13.3 Å². The first-order chi connectivity index (χ1) is 11.6. The molecule has 0 aromatic heterocycles. The van der Waals surface area contributed by atoms with E-state index >= 15 is 0 Å². The Hall–Kier alpha value is 0.540. The summed E-state index contributed by atoms with van der Waals surface area (Å²) in [6.45, 7) is 8.28. The molecule has 24 heavy (non-hydrogen) atoms. The molecule has 0 aromatic carbocycles. The molecule has 2 atom stereocenters. The van der Waals surface area contributed by atoms with E-state index in [0.717, 1.165) is 12.8 Å². The molecular weight excluding hydrogens is 358 g/mol. The molecule has 10 heteroatoms. The van der Waals surface area contributed by atoms with Crippen molar-refractivity contribution < 1.29 is 36.6 Å². The number of methoxy groups -OCH3 is 1. The fourth-order valence-corrected chi connectivity index (χ4v) is 4.46. The zero-order valence-electron chi connectivity index (χ0n) is 14.8. The largest absolute Gasteiger partial charge is 0.356 e. The van der Waals surface area contributed by atoms with Crippen molar-refractivity contribution in [2.45, 2.75) is 46.2 Å². The molecule has 2 aliphatic heterocycles. The smallest absolute Gasteiger partial charge is 0.335 e. The van der Waals surface area contributed by atoms with Gasteiger partial charge in [0.05, 0.1) is 31.8 Å². The van der Waals surface area contributed by atoms with Crippen LogP contribution in [0.5, 0.6) is 0 Å². The van der Waals surface area contributed by atoms with Crippen LogP contribution < -0.4 is 0 Å². The van der Waals surface area contributed by atoms with Crippen molar-refractivity contribution >= 4 is 17.2 Å². The lowest BCUT2D eigenvalue weighted by molar-refractivity contribution is -0.118. The van der Waals surface area contributed by atoms with Crippen LogP contribution in [0.2, 0.25) is 0 Å².